The van der Waals surface area contributed by atoms with Gasteiger partial charge in [0.2, 0.25) is 0 Å². The van der Waals surface area contributed by atoms with Gasteiger partial charge in [-0.25, -0.2) is 4.98 Å². The maximum atomic E-state index is 9.53. The summed E-state index contributed by atoms with van der Waals surface area (Å²) < 4.78 is 0. The van der Waals surface area contributed by atoms with Crippen LogP contribution in [-0.4, -0.2) is 22.7 Å². The van der Waals surface area contributed by atoms with Crippen molar-refractivity contribution >= 4 is 5.82 Å². The van der Waals surface area contributed by atoms with Crippen molar-refractivity contribution in [3.8, 4) is 6.07 Å². The standard InChI is InChI=1S/C17H23N3O/c18-10-14-9-12-5-1-3-7-15(12)19-17(14)20-16-8-4-2-6-13(16)11-21/h9,13,16,21H,1-8,11H2,(H,19,20). The van der Waals surface area contributed by atoms with E-state index in [-0.39, 0.29) is 18.6 Å². The Morgan fingerprint density at radius 2 is 2.05 bits per heavy atom. The Balaban J connectivity index is 1.85. The summed E-state index contributed by atoms with van der Waals surface area (Å²) in [5.41, 5.74) is 3.04. The van der Waals surface area contributed by atoms with Crippen molar-refractivity contribution in [3.63, 3.8) is 0 Å². The van der Waals surface area contributed by atoms with Crippen molar-refractivity contribution in [1.29, 1.82) is 5.26 Å². The number of rotatable bonds is 3. The summed E-state index contributed by atoms with van der Waals surface area (Å²) in [6.45, 7) is 0.213. The predicted octanol–water partition coefficient (Wildman–Crippen LogP) is 2.80. The molecule has 0 bridgehead atoms. The van der Waals surface area contributed by atoms with E-state index < -0.39 is 0 Å². The number of aliphatic hydroxyl groups is 1. The van der Waals surface area contributed by atoms with Gasteiger partial charge in [-0.2, -0.15) is 5.26 Å². The average Bonchev–Trinajstić information content (AvgIpc) is 2.54. The first-order valence-corrected chi connectivity index (χ1v) is 8.12. The van der Waals surface area contributed by atoms with Crippen LogP contribution in [-0.2, 0) is 12.8 Å². The number of fused-ring (bicyclic) bond motifs is 1. The van der Waals surface area contributed by atoms with Crippen molar-refractivity contribution in [3.05, 3.63) is 22.9 Å². The van der Waals surface area contributed by atoms with Gasteiger partial charge >= 0.3 is 0 Å². The lowest BCUT2D eigenvalue weighted by Crippen LogP contribution is -2.35. The number of anilines is 1. The van der Waals surface area contributed by atoms with Gasteiger partial charge < -0.3 is 10.4 Å². The number of pyridine rings is 1. The average molecular weight is 285 g/mol. The van der Waals surface area contributed by atoms with Crippen LogP contribution in [0.4, 0.5) is 5.82 Å². The van der Waals surface area contributed by atoms with E-state index in [1.54, 1.807) is 0 Å². The van der Waals surface area contributed by atoms with E-state index in [0.29, 0.717) is 5.56 Å². The van der Waals surface area contributed by atoms with Gasteiger partial charge in [-0.05, 0) is 50.2 Å². The Hall–Kier alpha value is -1.60. The molecular weight excluding hydrogens is 262 g/mol. The normalized spacial score (nSPS) is 25.0. The number of aryl methyl sites for hydroxylation is 2. The topological polar surface area (TPSA) is 68.9 Å². The first-order chi connectivity index (χ1) is 10.3. The molecule has 3 rings (SSSR count). The molecule has 2 N–H and O–H groups in total. The van der Waals surface area contributed by atoms with E-state index in [4.69, 9.17) is 4.98 Å². The summed E-state index contributed by atoms with van der Waals surface area (Å²) in [6, 6.07) is 4.54. The van der Waals surface area contributed by atoms with Gasteiger partial charge in [0.1, 0.15) is 11.9 Å². The van der Waals surface area contributed by atoms with Crippen molar-refractivity contribution in [2.75, 3.05) is 11.9 Å². The highest BCUT2D eigenvalue weighted by atomic mass is 16.3. The number of nitrogens with zero attached hydrogens (tertiary/aromatic N) is 2. The summed E-state index contributed by atoms with van der Waals surface area (Å²) in [5.74, 6) is 1.01. The second kappa shape index (κ2) is 6.44. The molecule has 4 heteroatoms. The molecule has 2 unspecified atom stereocenters. The van der Waals surface area contributed by atoms with E-state index in [0.717, 1.165) is 37.2 Å². The number of aliphatic hydroxyl groups excluding tert-OH is 1. The Bertz CT molecular complexity index is 550. The molecule has 1 heterocycles. The SMILES string of the molecule is N#Cc1cc2c(nc1NC1CCCCC1CO)CCCC2. The van der Waals surface area contributed by atoms with Gasteiger partial charge in [0, 0.05) is 24.3 Å². The number of nitrogens with one attached hydrogen (secondary N) is 1. The molecule has 0 spiro atoms. The van der Waals surface area contributed by atoms with Crippen molar-refractivity contribution < 1.29 is 5.11 Å². The van der Waals surface area contributed by atoms with Crippen molar-refractivity contribution in [2.45, 2.75) is 57.4 Å². The lowest BCUT2D eigenvalue weighted by Gasteiger charge is -2.32. The summed E-state index contributed by atoms with van der Waals surface area (Å²) in [6.07, 6.45) is 8.92. The maximum Gasteiger partial charge on any atom is 0.144 e. The molecule has 112 valence electrons. The van der Waals surface area contributed by atoms with Crippen LogP contribution in [0.1, 0.15) is 55.3 Å². The zero-order chi connectivity index (χ0) is 14.7. The highest BCUT2D eigenvalue weighted by molar-refractivity contribution is 5.55. The predicted molar refractivity (Wildman–Crippen MR) is 82.0 cm³/mol. The van der Waals surface area contributed by atoms with Crippen molar-refractivity contribution in [2.24, 2.45) is 5.92 Å². The molecule has 21 heavy (non-hydrogen) atoms. The van der Waals surface area contributed by atoms with E-state index in [9.17, 15) is 10.4 Å². The minimum Gasteiger partial charge on any atom is -0.396 e. The first-order valence-electron chi connectivity index (χ1n) is 8.12. The third kappa shape index (κ3) is 3.03. The zero-order valence-corrected chi connectivity index (χ0v) is 12.4. The zero-order valence-electron chi connectivity index (χ0n) is 12.4. The molecule has 2 aliphatic rings. The van der Waals surface area contributed by atoms with Crippen LogP contribution in [0.3, 0.4) is 0 Å². The molecule has 1 fully saturated rings. The van der Waals surface area contributed by atoms with E-state index >= 15 is 0 Å². The Labute approximate surface area is 126 Å². The van der Waals surface area contributed by atoms with Gasteiger partial charge in [-0.3, -0.25) is 0 Å². The second-order valence-corrected chi connectivity index (χ2v) is 6.29. The minimum absolute atomic E-state index is 0.213. The van der Waals surface area contributed by atoms with E-state index in [1.165, 1.54) is 31.2 Å². The van der Waals surface area contributed by atoms with E-state index in [1.807, 2.05) is 6.07 Å². The molecule has 1 aromatic heterocycles. The summed E-state index contributed by atoms with van der Waals surface area (Å²) in [7, 11) is 0. The van der Waals surface area contributed by atoms with Crippen LogP contribution >= 0.6 is 0 Å². The van der Waals surface area contributed by atoms with Crippen LogP contribution in [0.25, 0.3) is 0 Å². The lowest BCUT2D eigenvalue weighted by molar-refractivity contribution is 0.178. The fourth-order valence-electron chi connectivity index (χ4n) is 3.62. The lowest BCUT2D eigenvalue weighted by atomic mass is 9.85. The van der Waals surface area contributed by atoms with Crippen LogP contribution < -0.4 is 5.32 Å². The van der Waals surface area contributed by atoms with Crippen LogP contribution in [0.5, 0.6) is 0 Å². The number of nitriles is 1. The van der Waals surface area contributed by atoms with E-state index in [2.05, 4.69) is 11.4 Å². The van der Waals surface area contributed by atoms with Crippen LogP contribution in [0.2, 0.25) is 0 Å². The monoisotopic (exact) mass is 285 g/mol. The molecular formula is C17H23N3O. The minimum atomic E-state index is 0.213. The molecule has 1 saturated carbocycles. The number of aromatic nitrogens is 1. The molecule has 0 radical (unpaired) electrons. The molecule has 0 saturated heterocycles. The molecule has 0 aliphatic heterocycles. The largest absolute Gasteiger partial charge is 0.396 e. The molecule has 4 nitrogen and oxygen atoms in total. The highest BCUT2D eigenvalue weighted by Gasteiger charge is 2.26. The first kappa shape index (κ1) is 14.3. The summed E-state index contributed by atoms with van der Waals surface area (Å²) >= 11 is 0. The summed E-state index contributed by atoms with van der Waals surface area (Å²) in [5, 5.41) is 22.4. The molecule has 2 atom stereocenters. The van der Waals surface area contributed by atoms with Gasteiger partial charge in [0.15, 0.2) is 0 Å². The van der Waals surface area contributed by atoms with Crippen LogP contribution in [0.15, 0.2) is 6.07 Å². The van der Waals surface area contributed by atoms with Gasteiger partial charge in [-0.15, -0.1) is 0 Å². The molecule has 2 aliphatic carbocycles. The quantitative estimate of drug-likeness (QED) is 0.896. The highest BCUT2D eigenvalue weighted by Crippen LogP contribution is 2.29. The van der Waals surface area contributed by atoms with Gasteiger partial charge in [0.25, 0.3) is 0 Å². The third-order valence-corrected chi connectivity index (χ3v) is 4.89. The van der Waals surface area contributed by atoms with Gasteiger partial charge in [-0.1, -0.05) is 12.8 Å². The fraction of sp³-hybridized carbons (Fsp3) is 0.647. The Morgan fingerprint density at radius 3 is 2.86 bits per heavy atom. The Kier molecular flexibility index (Phi) is 4.40. The smallest absolute Gasteiger partial charge is 0.144 e. The van der Waals surface area contributed by atoms with Crippen LogP contribution in [0, 0.1) is 17.2 Å². The molecule has 0 amide bonds. The summed E-state index contributed by atoms with van der Waals surface area (Å²) in [4.78, 5) is 4.73. The number of hydrogen-bond acceptors (Lipinski definition) is 4. The molecule has 1 aromatic rings. The maximum absolute atomic E-state index is 9.53. The number of hydrogen-bond donors (Lipinski definition) is 2. The second-order valence-electron chi connectivity index (χ2n) is 6.29. The Morgan fingerprint density at radius 1 is 1.24 bits per heavy atom. The van der Waals surface area contributed by atoms with Gasteiger partial charge in [0.05, 0.1) is 5.56 Å². The molecule has 0 aromatic carbocycles. The fourth-order valence-corrected chi connectivity index (χ4v) is 3.62. The third-order valence-electron chi connectivity index (χ3n) is 4.89. The van der Waals surface area contributed by atoms with Crippen molar-refractivity contribution in [1.82, 2.24) is 4.98 Å².